The van der Waals surface area contributed by atoms with Crippen LogP contribution in [0.1, 0.15) is 19.4 Å². The van der Waals surface area contributed by atoms with Crippen LogP contribution in [0.3, 0.4) is 0 Å². The summed E-state index contributed by atoms with van der Waals surface area (Å²) in [7, 11) is 0. The molecule has 1 rings (SSSR count). The van der Waals surface area contributed by atoms with Gasteiger partial charge in [-0.05, 0) is 31.5 Å². The first-order valence-corrected chi connectivity index (χ1v) is 6.04. The molecule has 1 aromatic carbocycles. The predicted octanol–water partition coefficient (Wildman–Crippen LogP) is 4.16. The lowest BCUT2D eigenvalue weighted by molar-refractivity contribution is 0.757. The molecule has 0 radical (unpaired) electrons. The number of nitrogens with one attached hydrogen (secondary N) is 1. The molecule has 0 aliphatic carbocycles. The van der Waals surface area contributed by atoms with E-state index in [4.69, 9.17) is 11.6 Å². The van der Waals surface area contributed by atoms with Crippen molar-refractivity contribution >= 4 is 27.5 Å². The third-order valence-corrected chi connectivity index (χ3v) is 2.83. The first-order chi connectivity index (χ1) is 7.09. The van der Waals surface area contributed by atoms with Gasteiger partial charge in [-0.3, -0.25) is 0 Å². The lowest BCUT2D eigenvalue weighted by Crippen LogP contribution is -2.13. The molecule has 15 heavy (non-hydrogen) atoms. The van der Waals surface area contributed by atoms with Gasteiger partial charge in [-0.2, -0.15) is 0 Å². The Bertz CT molecular complexity index is 357. The summed E-state index contributed by atoms with van der Waals surface area (Å²) in [6.45, 7) is 5.87. The van der Waals surface area contributed by atoms with Gasteiger partial charge in [-0.15, -0.1) is 0 Å². The van der Waals surface area contributed by atoms with Crippen molar-refractivity contribution < 1.29 is 0 Å². The zero-order chi connectivity index (χ0) is 11.3. The molecule has 0 heterocycles. The fourth-order valence-corrected chi connectivity index (χ4v) is 1.89. The van der Waals surface area contributed by atoms with Crippen LogP contribution in [0.2, 0.25) is 5.02 Å². The molecule has 1 aromatic rings. The van der Waals surface area contributed by atoms with E-state index in [2.05, 4.69) is 41.2 Å². The van der Waals surface area contributed by atoms with Crippen LogP contribution in [-0.2, 0) is 6.54 Å². The maximum Gasteiger partial charge on any atom is 0.0462 e. The first kappa shape index (κ1) is 12.8. The highest BCUT2D eigenvalue weighted by Crippen LogP contribution is 2.20. The van der Waals surface area contributed by atoms with E-state index >= 15 is 0 Å². The minimum Gasteiger partial charge on any atom is -0.309 e. The van der Waals surface area contributed by atoms with E-state index in [0.29, 0.717) is 0 Å². The highest BCUT2D eigenvalue weighted by Gasteiger charge is 1.99. The Balaban J connectivity index is 2.47. The molecule has 82 valence electrons. The lowest BCUT2D eigenvalue weighted by atomic mass is 10.2. The van der Waals surface area contributed by atoms with Gasteiger partial charge in [0.25, 0.3) is 0 Å². The molecule has 0 saturated carbocycles. The Kier molecular flexibility index (Phi) is 5.37. The topological polar surface area (TPSA) is 12.0 Å². The Hall–Kier alpha value is -0.310. The fraction of sp³-hybridized carbons (Fsp3) is 0.333. The van der Waals surface area contributed by atoms with Crippen molar-refractivity contribution in [3.05, 3.63) is 44.9 Å². The molecule has 0 aliphatic rings. The monoisotopic (exact) mass is 287 g/mol. The van der Waals surface area contributed by atoms with Crippen LogP contribution in [0, 0.1) is 0 Å². The summed E-state index contributed by atoms with van der Waals surface area (Å²) in [6.07, 6.45) is 2.16. The minimum absolute atomic E-state index is 0.800. The first-order valence-electron chi connectivity index (χ1n) is 4.87. The van der Waals surface area contributed by atoms with Crippen LogP contribution < -0.4 is 5.32 Å². The number of benzene rings is 1. The summed E-state index contributed by atoms with van der Waals surface area (Å²) >= 11 is 9.47. The number of hydrogen-bond acceptors (Lipinski definition) is 1. The van der Waals surface area contributed by atoms with Gasteiger partial charge in [0.1, 0.15) is 0 Å². The quantitative estimate of drug-likeness (QED) is 0.648. The van der Waals surface area contributed by atoms with Gasteiger partial charge in [0, 0.05) is 22.6 Å². The van der Waals surface area contributed by atoms with E-state index in [1.54, 1.807) is 0 Å². The van der Waals surface area contributed by atoms with Gasteiger partial charge in [0.05, 0.1) is 0 Å². The van der Waals surface area contributed by atoms with E-state index in [9.17, 15) is 0 Å². The van der Waals surface area contributed by atoms with E-state index in [-0.39, 0.29) is 0 Å². The maximum absolute atomic E-state index is 6.09. The van der Waals surface area contributed by atoms with Crippen molar-refractivity contribution in [1.82, 2.24) is 5.32 Å². The summed E-state index contributed by atoms with van der Waals surface area (Å²) < 4.78 is 1.01. The van der Waals surface area contributed by atoms with Crippen LogP contribution in [0.5, 0.6) is 0 Å². The zero-order valence-electron chi connectivity index (χ0n) is 8.98. The van der Waals surface area contributed by atoms with Crippen molar-refractivity contribution in [3.63, 3.8) is 0 Å². The van der Waals surface area contributed by atoms with Crippen molar-refractivity contribution in [2.45, 2.75) is 20.4 Å². The molecular formula is C12H15BrClN. The lowest BCUT2D eigenvalue weighted by Gasteiger charge is -2.05. The molecule has 0 bridgehead atoms. The average Bonchev–Trinajstić information content (AvgIpc) is 2.14. The summed E-state index contributed by atoms with van der Waals surface area (Å²) in [5.41, 5.74) is 2.45. The van der Waals surface area contributed by atoms with Crippen LogP contribution in [-0.4, -0.2) is 6.54 Å². The van der Waals surface area contributed by atoms with Gasteiger partial charge in [0.15, 0.2) is 0 Å². The highest BCUT2D eigenvalue weighted by atomic mass is 79.9. The number of halogens is 2. The summed E-state index contributed by atoms with van der Waals surface area (Å²) in [5, 5.41) is 4.12. The Morgan fingerprint density at radius 1 is 1.47 bits per heavy atom. The third kappa shape index (κ3) is 4.83. The van der Waals surface area contributed by atoms with Gasteiger partial charge in [-0.25, -0.2) is 0 Å². The van der Waals surface area contributed by atoms with Crippen LogP contribution in [0.25, 0.3) is 0 Å². The second kappa shape index (κ2) is 6.31. The molecule has 0 spiro atoms. The molecule has 0 aromatic heterocycles. The number of allylic oxidation sites excluding steroid dienone is 1. The average molecular weight is 289 g/mol. The van der Waals surface area contributed by atoms with Crippen LogP contribution in [0.15, 0.2) is 34.3 Å². The number of hydrogen-bond donors (Lipinski definition) is 1. The van der Waals surface area contributed by atoms with E-state index in [1.165, 1.54) is 5.57 Å². The summed E-state index contributed by atoms with van der Waals surface area (Å²) in [5.74, 6) is 0. The normalized spacial score (nSPS) is 10.1. The molecule has 0 fully saturated rings. The number of rotatable bonds is 4. The third-order valence-electron chi connectivity index (χ3n) is 1.99. The minimum atomic E-state index is 0.800. The van der Waals surface area contributed by atoms with Crippen LogP contribution in [0.4, 0.5) is 0 Å². The second-order valence-electron chi connectivity index (χ2n) is 3.65. The van der Waals surface area contributed by atoms with Gasteiger partial charge < -0.3 is 5.32 Å². The standard InChI is InChI=1S/C12H15BrClN/c1-9(2)5-6-15-8-10-3-4-11(13)7-12(10)14/h3-5,7,15H,6,8H2,1-2H3. The second-order valence-corrected chi connectivity index (χ2v) is 4.97. The Morgan fingerprint density at radius 2 is 2.20 bits per heavy atom. The fourth-order valence-electron chi connectivity index (χ4n) is 1.15. The molecule has 0 atom stereocenters. The molecule has 1 nitrogen and oxygen atoms in total. The van der Waals surface area contributed by atoms with Crippen molar-refractivity contribution in [3.8, 4) is 0 Å². The Morgan fingerprint density at radius 3 is 2.80 bits per heavy atom. The molecule has 3 heteroatoms. The van der Waals surface area contributed by atoms with Gasteiger partial charge in [0.2, 0.25) is 0 Å². The van der Waals surface area contributed by atoms with Gasteiger partial charge >= 0.3 is 0 Å². The summed E-state index contributed by atoms with van der Waals surface area (Å²) in [4.78, 5) is 0. The summed E-state index contributed by atoms with van der Waals surface area (Å²) in [6, 6.07) is 5.95. The molecule has 0 aliphatic heterocycles. The van der Waals surface area contributed by atoms with Crippen molar-refractivity contribution in [2.75, 3.05) is 6.54 Å². The van der Waals surface area contributed by atoms with E-state index in [0.717, 1.165) is 28.1 Å². The predicted molar refractivity (Wildman–Crippen MR) is 70.3 cm³/mol. The highest BCUT2D eigenvalue weighted by molar-refractivity contribution is 9.10. The van der Waals surface area contributed by atoms with E-state index < -0.39 is 0 Å². The SMILES string of the molecule is CC(C)=CCNCc1ccc(Br)cc1Cl. The largest absolute Gasteiger partial charge is 0.309 e. The molecule has 0 amide bonds. The van der Waals surface area contributed by atoms with Crippen LogP contribution >= 0.6 is 27.5 Å². The molecule has 0 unspecified atom stereocenters. The zero-order valence-corrected chi connectivity index (χ0v) is 11.3. The van der Waals surface area contributed by atoms with E-state index in [1.807, 2.05) is 18.2 Å². The smallest absolute Gasteiger partial charge is 0.0462 e. The van der Waals surface area contributed by atoms with Crippen molar-refractivity contribution in [1.29, 1.82) is 0 Å². The molecule has 0 saturated heterocycles. The van der Waals surface area contributed by atoms with Crippen molar-refractivity contribution in [2.24, 2.45) is 0 Å². The maximum atomic E-state index is 6.09. The van der Waals surface area contributed by atoms with Gasteiger partial charge in [-0.1, -0.05) is 45.2 Å². The Labute approximate surface area is 105 Å². The molecule has 1 N–H and O–H groups in total. The molecular weight excluding hydrogens is 273 g/mol.